The highest BCUT2D eigenvalue weighted by atomic mass is 35.5. The summed E-state index contributed by atoms with van der Waals surface area (Å²) in [6, 6.07) is 6.65. The average Bonchev–Trinajstić information content (AvgIpc) is 2.77. The predicted octanol–water partition coefficient (Wildman–Crippen LogP) is 4.26. The van der Waals surface area contributed by atoms with E-state index in [4.69, 9.17) is 22.3 Å². The summed E-state index contributed by atoms with van der Waals surface area (Å²) in [6.45, 7) is 4.41. The van der Waals surface area contributed by atoms with Gasteiger partial charge < -0.3 is 10.3 Å². The molecule has 0 aliphatic heterocycles. The number of aromatic nitrogens is 2. The van der Waals surface area contributed by atoms with Crippen LogP contribution in [0.25, 0.3) is 11.0 Å². The number of rotatable bonds is 2. The number of halogens is 1. The van der Waals surface area contributed by atoms with Gasteiger partial charge in [-0.25, -0.2) is 4.98 Å². The molecule has 0 amide bonds. The van der Waals surface area contributed by atoms with Gasteiger partial charge in [-0.05, 0) is 51.3 Å². The van der Waals surface area contributed by atoms with Gasteiger partial charge in [0.15, 0.2) is 0 Å². The summed E-state index contributed by atoms with van der Waals surface area (Å²) in [6.07, 6.45) is 4.58. The molecule has 1 aliphatic rings. The molecule has 3 nitrogen and oxygen atoms in total. The molecule has 0 spiro atoms. The first-order chi connectivity index (χ1) is 9.56. The van der Waals surface area contributed by atoms with Crippen LogP contribution >= 0.6 is 11.6 Å². The normalized spacial score (nSPS) is 23.6. The zero-order chi connectivity index (χ0) is 14.3. The van der Waals surface area contributed by atoms with Crippen molar-refractivity contribution in [3.8, 4) is 0 Å². The van der Waals surface area contributed by atoms with Gasteiger partial charge in [-0.3, -0.25) is 0 Å². The van der Waals surface area contributed by atoms with Crippen LogP contribution in [-0.2, 0) is 0 Å². The van der Waals surface area contributed by atoms with E-state index in [9.17, 15) is 0 Å². The molecule has 1 fully saturated rings. The zero-order valence-electron chi connectivity index (χ0n) is 12.1. The van der Waals surface area contributed by atoms with Crippen molar-refractivity contribution in [2.24, 2.45) is 5.73 Å². The number of fused-ring (bicyclic) bond motifs is 1. The monoisotopic (exact) mass is 291 g/mol. The second kappa shape index (κ2) is 5.38. The van der Waals surface area contributed by atoms with Crippen LogP contribution in [0.1, 0.15) is 57.3 Å². The number of hydrogen-bond donors (Lipinski definition) is 1. The summed E-state index contributed by atoms with van der Waals surface area (Å²) < 4.78 is 2.34. The Bertz CT molecular complexity index is 617. The van der Waals surface area contributed by atoms with Crippen LogP contribution in [0.2, 0.25) is 5.02 Å². The highest BCUT2D eigenvalue weighted by molar-refractivity contribution is 6.31. The molecule has 1 aliphatic carbocycles. The van der Waals surface area contributed by atoms with Crippen LogP contribution in [0, 0.1) is 0 Å². The minimum Gasteiger partial charge on any atom is -0.328 e. The molecule has 2 atom stereocenters. The van der Waals surface area contributed by atoms with Crippen molar-refractivity contribution < 1.29 is 0 Å². The average molecular weight is 292 g/mol. The maximum absolute atomic E-state index is 6.15. The number of benzene rings is 1. The minimum absolute atomic E-state index is 0.317. The summed E-state index contributed by atoms with van der Waals surface area (Å²) in [5.74, 6) is 1.67. The quantitative estimate of drug-likeness (QED) is 0.898. The molecule has 1 saturated carbocycles. The Kier molecular flexibility index (Phi) is 3.74. The van der Waals surface area contributed by atoms with E-state index < -0.39 is 0 Å². The molecule has 4 heteroatoms. The summed E-state index contributed by atoms with van der Waals surface area (Å²) in [5.41, 5.74) is 8.33. The maximum atomic E-state index is 6.15. The van der Waals surface area contributed by atoms with Crippen molar-refractivity contribution in [3.63, 3.8) is 0 Å². The molecule has 0 saturated heterocycles. The van der Waals surface area contributed by atoms with Crippen LogP contribution in [0.4, 0.5) is 0 Å². The largest absolute Gasteiger partial charge is 0.328 e. The van der Waals surface area contributed by atoms with E-state index in [1.54, 1.807) is 0 Å². The Balaban J connectivity index is 2.11. The predicted molar refractivity (Wildman–Crippen MR) is 84.3 cm³/mol. The van der Waals surface area contributed by atoms with Crippen molar-refractivity contribution in [1.29, 1.82) is 0 Å². The van der Waals surface area contributed by atoms with Gasteiger partial charge in [-0.15, -0.1) is 0 Å². The first kappa shape index (κ1) is 13.9. The summed E-state index contributed by atoms with van der Waals surface area (Å²) in [4.78, 5) is 4.88. The molecule has 1 heterocycles. The summed E-state index contributed by atoms with van der Waals surface area (Å²) in [7, 11) is 0. The van der Waals surface area contributed by atoms with Crippen LogP contribution in [0.5, 0.6) is 0 Å². The lowest BCUT2D eigenvalue weighted by molar-refractivity contribution is 0.369. The third-order valence-electron chi connectivity index (χ3n) is 4.28. The minimum atomic E-state index is 0.317. The van der Waals surface area contributed by atoms with E-state index in [1.807, 2.05) is 18.2 Å². The fourth-order valence-corrected chi connectivity index (χ4v) is 3.54. The molecule has 1 aromatic carbocycles. The molecule has 108 valence electrons. The maximum Gasteiger partial charge on any atom is 0.113 e. The van der Waals surface area contributed by atoms with Gasteiger partial charge in [0.05, 0.1) is 11.0 Å². The van der Waals surface area contributed by atoms with E-state index in [0.717, 1.165) is 28.9 Å². The Labute approximate surface area is 125 Å². The second-order valence-corrected chi connectivity index (χ2v) is 6.63. The summed E-state index contributed by atoms with van der Waals surface area (Å²) >= 11 is 6.15. The number of nitrogens with zero attached hydrogens (tertiary/aromatic N) is 2. The molecular formula is C16H22ClN3. The molecule has 3 rings (SSSR count). The van der Waals surface area contributed by atoms with Gasteiger partial charge in [0.25, 0.3) is 0 Å². The third kappa shape index (κ3) is 2.45. The topological polar surface area (TPSA) is 43.8 Å². The fraction of sp³-hybridized carbons (Fsp3) is 0.562. The fourth-order valence-electron chi connectivity index (χ4n) is 3.38. The second-order valence-electron chi connectivity index (χ2n) is 6.19. The van der Waals surface area contributed by atoms with Crippen LogP contribution < -0.4 is 5.73 Å². The molecule has 20 heavy (non-hydrogen) atoms. The Morgan fingerprint density at radius 2 is 2.15 bits per heavy atom. The van der Waals surface area contributed by atoms with Gasteiger partial charge in [0, 0.05) is 23.0 Å². The Morgan fingerprint density at radius 3 is 2.85 bits per heavy atom. The van der Waals surface area contributed by atoms with Gasteiger partial charge in [-0.1, -0.05) is 18.0 Å². The van der Waals surface area contributed by atoms with Gasteiger partial charge in [-0.2, -0.15) is 0 Å². The first-order valence-corrected chi connectivity index (χ1v) is 7.87. The highest BCUT2D eigenvalue weighted by Crippen LogP contribution is 2.35. The van der Waals surface area contributed by atoms with Crippen LogP contribution in [0.3, 0.4) is 0 Å². The zero-order valence-corrected chi connectivity index (χ0v) is 12.9. The standard InChI is InChI=1S/C16H22ClN3/c1-10(2)20-15-9-12(17)6-7-14(15)19-16(20)11-4-3-5-13(18)8-11/h6-7,9-11,13H,3-5,8,18H2,1-2H3. The van der Waals surface area contributed by atoms with E-state index in [2.05, 4.69) is 18.4 Å². The Hall–Kier alpha value is -1.06. The van der Waals surface area contributed by atoms with E-state index in [-0.39, 0.29) is 0 Å². The first-order valence-electron chi connectivity index (χ1n) is 7.49. The van der Waals surface area contributed by atoms with Crippen molar-refractivity contribution >= 4 is 22.6 Å². The highest BCUT2D eigenvalue weighted by Gasteiger charge is 2.26. The van der Waals surface area contributed by atoms with Crippen molar-refractivity contribution in [3.05, 3.63) is 29.0 Å². The van der Waals surface area contributed by atoms with Gasteiger partial charge in [0.2, 0.25) is 0 Å². The van der Waals surface area contributed by atoms with Gasteiger partial charge >= 0.3 is 0 Å². The Morgan fingerprint density at radius 1 is 1.35 bits per heavy atom. The SMILES string of the molecule is CC(C)n1c(C2CCCC(N)C2)nc2ccc(Cl)cc21. The van der Waals surface area contributed by atoms with E-state index >= 15 is 0 Å². The van der Waals surface area contributed by atoms with E-state index in [0.29, 0.717) is 18.0 Å². The lowest BCUT2D eigenvalue weighted by atomic mass is 9.85. The molecular weight excluding hydrogens is 270 g/mol. The smallest absolute Gasteiger partial charge is 0.113 e. The van der Waals surface area contributed by atoms with Gasteiger partial charge in [0.1, 0.15) is 5.82 Å². The lowest BCUT2D eigenvalue weighted by Crippen LogP contribution is -2.28. The third-order valence-corrected chi connectivity index (χ3v) is 4.51. The number of imidazole rings is 1. The van der Waals surface area contributed by atoms with Crippen molar-refractivity contribution in [2.75, 3.05) is 0 Å². The van der Waals surface area contributed by atoms with Crippen LogP contribution in [-0.4, -0.2) is 15.6 Å². The molecule has 0 radical (unpaired) electrons. The molecule has 2 aromatic rings. The lowest BCUT2D eigenvalue weighted by Gasteiger charge is -2.27. The molecule has 2 unspecified atom stereocenters. The van der Waals surface area contributed by atoms with E-state index in [1.165, 1.54) is 18.7 Å². The molecule has 2 N–H and O–H groups in total. The molecule has 1 aromatic heterocycles. The molecule has 0 bridgehead atoms. The van der Waals surface area contributed by atoms with Crippen molar-refractivity contribution in [2.45, 2.75) is 57.5 Å². The number of hydrogen-bond acceptors (Lipinski definition) is 2. The summed E-state index contributed by atoms with van der Waals surface area (Å²) in [5, 5.41) is 0.770. The number of nitrogens with two attached hydrogens (primary N) is 1. The van der Waals surface area contributed by atoms with Crippen LogP contribution in [0.15, 0.2) is 18.2 Å². The van der Waals surface area contributed by atoms with Crippen molar-refractivity contribution in [1.82, 2.24) is 9.55 Å².